The Balaban J connectivity index is 1.36. The van der Waals surface area contributed by atoms with Gasteiger partial charge in [0.1, 0.15) is 0 Å². The summed E-state index contributed by atoms with van der Waals surface area (Å²) in [5.41, 5.74) is 12.2. The van der Waals surface area contributed by atoms with Gasteiger partial charge in [-0.3, -0.25) is 0 Å². The highest BCUT2D eigenvalue weighted by atomic mass is 15.1. The Bertz CT molecular complexity index is 2760. The number of fused-ring (bicyclic) bond motifs is 4. The van der Waals surface area contributed by atoms with Crippen LogP contribution in [0.15, 0.2) is 164 Å². The summed E-state index contributed by atoms with van der Waals surface area (Å²) in [7, 11) is 0. The van der Waals surface area contributed by atoms with Crippen LogP contribution in [-0.4, -0.2) is 0 Å². The van der Waals surface area contributed by atoms with E-state index in [2.05, 4.69) is 221 Å². The zero-order valence-electron chi connectivity index (χ0n) is 33.5. The first-order chi connectivity index (χ1) is 27.1. The minimum atomic E-state index is -0.159. The molecule has 2 heteroatoms. The van der Waals surface area contributed by atoms with E-state index in [1.807, 2.05) is 0 Å². The second-order valence-electron chi connectivity index (χ2n) is 17.3. The number of para-hydroxylation sites is 2. The Morgan fingerprint density at radius 1 is 0.411 bits per heavy atom. The van der Waals surface area contributed by atoms with E-state index in [1.165, 1.54) is 71.6 Å². The summed E-state index contributed by atoms with van der Waals surface area (Å²) in [6, 6.07) is 58.3. The average molecular weight is 727 g/mol. The minimum absolute atomic E-state index is 0.104. The fourth-order valence-electron chi connectivity index (χ4n) is 9.16. The maximum Gasteiger partial charge on any atom is 0.0540 e. The molecule has 1 aliphatic carbocycles. The number of allylic oxidation sites excluding steroid dienone is 1. The molecule has 9 rings (SSSR count). The van der Waals surface area contributed by atoms with Crippen LogP contribution >= 0.6 is 0 Å². The van der Waals surface area contributed by atoms with Crippen LogP contribution < -0.4 is 9.80 Å². The van der Waals surface area contributed by atoms with Crippen LogP contribution in [0.1, 0.15) is 70.2 Å². The summed E-state index contributed by atoms with van der Waals surface area (Å²) in [5, 5.41) is 7.71. The van der Waals surface area contributed by atoms with Crippen molar-refractivity contribution in [2.75, 3.05) is 9.80 Å². The van der Waals surface area contributed by atoms with Crippen molar-refractivity contribution < 1.29 is 0 Å². The molecule has 0 bridgehead atoms. The first-order valence-electron chi connectivity index (χ1n) is 20.1. The Labute approximate surface area is 332 Å². The predicted molar refractivity (Wildman–Crippen MR) is 243 cm³/mol. The molecule has 1 aliphatic rings. The third-order valence-corrected chi connectivity index (χ3v) is 11.4. The molecule has 56 heavy (non-hydrogen) atoms. The number of rotatable bonds is 6. The van der Waals surface area contributed by atoms with Crippen molar-refractivity contribution in [3.63, 3.8) is 0 Å². The maximum atomic E-state index is 2.48. The number of nitrogens with zero attached hydrogens (tertiary/aromatic N) is 2. The van der Waals surface area contributed by atoms with E-state index in [4.69, 9.17) is 0 Å². The van der Waals surface area contributed by atoms with E-state index < -0.39 is 0 Å². The monoisotopic (exact) mass is 726 g/mol. The van der Waals surface area contributed by atoms with E-state index in [9.17, 15) is 0 Å². The smallest absolute Gasteiger partial charge is 0.0540 e. The Hall–Kier alpha value is -6.12. The van der Waals surface area contributed by atoms with E-state index in [0.29, 0.717) is 0 Å². The van der Waals surface area contributed by atoms with Crippen LogP contribution in [0.3, 0.4) is 0 Å². The van der Waals surface area contributed by atoms with Crippen LogP contribution in [0.4, 0.5) is 34.1 Å². The van der Waals surface area contributed by atoms with E-state index in [0.717, 1.165) is 29.9 Å². The number of anilines is 6. The highest BCUT2D eigenvalue weighted by molar-refractivity contribution is 6.10. The number of benzene rings is 8. The van der Waals surface area contributed by atoms with Gasteiger partial charge in [-0.1, -0.05) is 151 Å². The molecule has 0 saturated carbocycles. The van der Waals surface area contributed by atoms with Crippen molar-refractivity contribution in [1.29, 1.82) is 0 Å². The van der Waals surface area contributed by atoms with Crippen LogP contribution in [0.25, 0.3) is 38.4 Å². The summed E-state index contributed by atoms with van der Waals surface area (Å²) in [5.74, 6) is 0. The molecule has 0 aromatic heterocycles. The highest BCUT2D eigenvalue weighted by Gasteiger charge is 2.29. The van der Waals surface area contributed by atoms with E-state index >= 15 is 0 Å². The van der Waals surface area contributed by atoms with Gasteiger partial charge < -0.3 is 9.80 Å². The molecule has 0 spiro atoms. The fourth-order valence-corrected chi connectivity index (χ4v) is 9.16. The molecule has 276 valence electrons. The quantitative estimate of drug-likeness (QED) is 0.157. The van der Waals surface area contributed by atoms with Gasteiger partial charge in [0.05, 0.1) is 11.4 Å². The van der Waals surface area contributed by atoms with Crippen LogP contribution in [0, 0.1) is 0 Å². The van der Waals surface area contributed by atoms with Crippen molar-refractivity contribution in [3.8, 4) is 0 Å². The van der Waals surface area contributed by atoms with E-state index in [-0.39, 0.29) is 10.8 Å². The number of hydrogen-bond acceptors (Lipinski definition) is 2. The van der Waals surface area contributed by atoms with Crippen molar-refractivity contribution >= 4 is 72.5 Å². The van der Waals surface area contributed by atoms with Crippen molar-refractivity contribution in [3.05, 3.63) is 186 Å². The van der Waals surface area contributed by atoms with Crippen LogP contribution in [-0.2, 0) is 17.3 Å². The molecule has 8 aromatic carbocycles. The zero-order chi connectivity index (χ0) is 38.6. The molecule has 0 fully saturated rings. The SMILES string of the molecule is CC(C)(C)c1c2ccc(N(c3ccccc3)c3cccc4c3C=CCC4)cc2c(C(C)(C)C)c2cc(N(c3ccccc3)c3cccc4ccccc34)ccc12. The predicted octanol–water partition coefficient (Wildman–Crippen LogP) is 15.6. The van der Waals surface area contributed by atoms with Gasteiger partial charge in [0.25, 0.3) is 0 Å². The maximum absolute atomic E-state index is 2.48. The first-order valence-corrected chi connectivity index (χ1v) is 20.1. The van der Waals surface area contributed by atoms with E-state index in [1.54, 1.807) is 0 Å². The van der Waals surface area contributed by atoms with Crippen molar-refractivity contribution in [2.45, 2.75) is 65.2 Å². The molecule has 0 aliphatic heterocycles. The lowest BCUT2D eigenvalue weighted by Gasteiger charge is -2.33. The third kappa shape index (κ3) is 6.24. The molecule has 0 radical (unpaired) electrons. The summed E-state index contributed by atoms with van der Waals surface area (Å²) in [6.45, 7) is 14.2. The molecule has 0 amide bonds. The summed E-state index contributed by atoms with van der Waals surface area (Å²) < 4.78 is 0. The molecular formula is C54H50N2. The third-order valence-electron chi connectivity index (χ3n) is 11.4. The van der Waals surface area contributed by atoms with Gasteiger partial charge in [-0.05, 0) is 128 Å². The molecule has 0 N–H and O–H groups in total. The molecular weight excluding hydrogens is 677 g/mol. The Morgan fingerprint density at radius 3 is 1.52 bits per heavy atom. The lowest BCUT2D eigenvalue weighted by atomic mass is 9.74. The molecule has 8 aromatic rings. The normalized spacial score (nSPS) is 13.0. The van der Waals surface area contributed by atoms with Crippen LogP contribution in [0.2, 0.25) is 0 Å². The standard InChI is InChI=1S/C54H50N2/c1-53(2,3)51-45-33-31-41(55(39-23-9-7-10-24-39)49-29-17-21-37-19-13-15-27-43(37)49)35-47(45)52(54(4,5)6)48-36-42(32-34-46(48)51)56(40-25-11-8-12-26-40)50-30-18-22-38-20-14-16-28-44(38)50/h7-13,15-19,21-36H,14,20H2,1-6H3. The van der Waals surface area contributed by atoms with Gasteiger partial charge in [0.2, 0.25) is 0 Å². The van der Waals surface area contributed by atoms with Gasteiger partial charge >= 0.3 is 0 Å². The van der Waals surface area contributed by atoms with Gasteiger partial charge in [0.15, 0.2) is 0 Å². The highest BCUT2D eigenvalue weighted by Crippen LogP contribution is 2.49. The van der Waals surface area contributed by atoms with Crippen molar-refractivity contribution in [1.82, 2.24) is 0 Å². The second kappa shape index (κ2) is 13.9. The van der Waals surface area contributed by atoms with Gasteiger partial charge in [-0.25, -0.2) is 0 Å². The fraction of sp³-hybridized carbons (Fsp3) is 0.185. The summed E-state index contributed by atoms with van der Waals surface area (Å²) >= 11 is 0. The average Bonchev–Trinajstić information content (AvgIpc) is 3.20. The Morgan fingerprint density at radius 2 is 0.911 bits per heavy atom. The summed E-state index contributed by atoms with van der Waals surface area (Å²) in [4.78, 5) is 4.91. The number of aryl methyl sites for hydroxylation is 1. The lowest BCUT2D eigenvalue weighted by Crippen LogP contribution is -2.19. The first kappa shape index (κ1) is 35.6. The topological polar surface area (TPSA) is 6.48 Å². The second-order valence-corrected chi connectivity index (χ2v) is 17.3. The molecule has 0 saturated heterocycles. The molecule has 0 heterocycles. The lowest BCUT2D eigenvalue weighted by molar-refractivity contribution is 0.593. The Kier molecular flexibility index (Phi) is 8.81. The molecule has 2 nitrogen and oxygen atoms in total. The van der Waals surface area contributed by atoms with Crippen LogP contribution in [0.5, 0.6) is 0 Å². The van der Waals surface area contributed by atoms with Gasteiger partial charge in [-0.2, -0.15) is 0 Å². The summed E-state index contributed by atoms with van der Waals surface area (Å²) in [6.07, 6.45) is 6.80. The van der Waals surface area contributed by atoms with Gasteiger partial charge in [-0.15, -0.1) is 0 Å². The minimum Gasteiger partial charge on any atom is -0.310 e. The molecule has 0 atom stereocenters. The van der Waals surface area contributed by atoms with Crippen molar-refractivity contribution in [2.24, 2.45) is 0 Å². The zero-order valence-corrected chi connectivity index (χ0v) is 33.5. The number of hydrogen-bond donors (Lipinski definition) is 0. The molecule has 0 unspecified atom stereocenters. The largest absolute Gasteiger partial charge is 0.310 e. The van der Waals surface area contributed by atoms with Gasteiger partial charge in [0, 0.05) is 33.7 Å².